The van der Waals surface area contributed by atoms with Crippen LogP contribution in [0.15, 0.2) is 47.5 Å². The number of hydrogen-bond donors (Lipinski definition) is 2. The number of aliphatic imine (C=N–C) groups is 1. The quantitative estimate of drug-likeness (QED) is 0.271. The third-order valence-corrected chi connectivity index (χ3v) is 5.38. The molecular formula is C27H40N4O2. The maximum Gasteiger partial charge on any atom is 0.253 e. The topological polar surface area (TPSA) is 66.0 Å². The van der Waals surface area contributed by atoms with Crippen LogP contribution in [0.25, 0.3) is 0 Å². The number of methoxy groups -OCH3 is 1. The van der Waals surface area contributed by atoms with Crippen molar-refractivity contribution in [2.45, 2.75) is 47.5 Å². The van der Waals surface area contributed by atoms with E-state index in [0.717, 1.165) is 55.3 Å². The molecule has 180 valence electrons. The standard InChI is InChI=1S/C27H40N4O2/c1-7-28-26-18-22(27(32)31(16-14-20(2)3)17-15-21(4)5)8-13-25(26)30-19-29-23-9-11-24(33-6)12-10-23/h8-13,18-21,28H,7,14-17H2,1-6H3,(H,29,30). The summed E-state index contributed by atoms with van der Waals surface area (Å²) in [5, 5.41) is 6.52. The van der Waals surface area contributed by atoms with Gasteiger partial charge in [-0.05, 0) is 74.1 Å². The summed E-state index contributed by atoms with van der Waals surface area (Å²) in [4.78, 5) is 19.9. The average molecular weight is 453 g/mol. The number of ether oxygens (including phenoxy) is 1. The van der Waals surface area contributed by atoms with Crippen molar-refractivity contribution in [3.05, 3.63) is 48.0 Å². The molecule has 2 aromatic rings. The van der Waals surface area contributed by atoms with Crippen LogP contribution in [0.1, 0.15) is 57.8 Å². The summed E-state index contributed by atoms with van der Waals surface area (Å²) >= 11 is 0. The fraction of sp³-hybridized carbons (Fsp3) is 0.481. The highest BCUT2D eigenvalue weighted by atomic mass is 16.5. The van der Waals surface area contributed by atoms with Crippen molar-refractivity contribution in [1.82, 2.24) is 4.90 Å². The van der Waals surface area contributed by atoms with Crippen molar-refractivity contribution in [3.8, 4) is 5.75 Å². The van der Waals surface area contributed by atoms with Crippen LogP contribution in [0, 0.1) is 11.8 Å². The molecule has 0 aromatic heterocycles. The zero-order chi connectivity index (χ0) is 24.2. The molecular weight excluding hydrogens is 412 g/mol. The van der Waals surface area contributed by atoms with Gasteiger partial charge in [-0.3, -0.25) is 4.79 Å². The molecule has 0 unspecified atom stereocenters. The van der Waals surface area contributed by atoms with Gasteiger partial charge in [-0.1, -0.05) is 27.7 Å². The van der Waals surface area contributed by atoms with Crippen LogP contribution < -0.4 is 15.4 Å². The van der Waals surface area contributed by atoms with Crippen molar-refractivity contribution < 1.29 is 9.53 Å². The molecule has 0 fully saturated rings. The largest absolute Gasteiger partial charge is 0.497 e. The van der Waals surface area contributed by atoms with E-state index >= 15 is 0 Å². The highest BCUT2D eigenvalue weighted by Crippen LogP contribution is 2.27. The Kier molecular flexibility index (Phi) is 10.7. The number of benzene rings is 2. The van der Waals surface area contributed by atoms with Crippen LogP contribution in [-0.4, -0.2) is 43.9 Å². The lowest BCUT2D eigenvalue weighted by Crippen LogP contribution is -2.34. The molecule has 0 aliphatic rings. The zero-order valence-corrected chi connectivity index (χ0v) is 21.0. The SMILES string of the molecule is CCNc1cc(C(=O)N(CCC(C)C)CCC(C)C)ccc1N=CNc1ccc(OC)cc1. The van der Waals surface area contributed by atoms with E-state index in [9.17, 15) is 4.79 Å². The van der Waals surface area contributed by atoms with Gasteiger partial charge in [0.15, 0.2) is 0 Å². The Balaban J connectivity index is 2.17. The maximum atomic E-state index is 13.3. The maximum absolute atomic E-state index is 13.3. The van der Waals surface area contributed by atoms with E-state index < -0.39 is 0 Å². The molecule has 0 saturated carbocycles. The third-order valence-electron chi connectivity index (χ3n) is 5.38. The van der Waals surface area contributed by atoms with Crippen LogP contribution >= 0.6 is 0 Å². The second-order valence-electron chi connectivity index (χ2n) is 9.05. The van der Waals surface area contributed by atoms with Gasteiger partial charge in [0.25, 0.3) is 5.91 Å². The average Bonchev–Trinajstić information content (AvgIpc) is 2.80. The highest BCUT2D eigenvalue weighted by molar-refractivity contribution is 5.96. The van der Waals surface area contributed by atoms with Crippen molar-refractivity contribution in [1.29, 1.82) is 0 Å². The van der Waals surface area contributed by atoms with Gasteiger partial charge < -0.3 is 20.3 Å². The predicted molar refractivity (Wildman–Crippen MR) is 140 cm³/mol. The molecule has 1 amide bonds. The van der Waals surface area contributed by atoms with Gasteiger partial charge in [0.2, 0.25) is 0 Å². The minimum absolute atomic E-state index is 0.0855. The summed E-state index contributed by atoms with van der Waals surface area (Å²) in [6, 6.07) is 13.3. The fourth-order valence-corrected chi connectivity index (χ4v) is 3.30. The number of nitrogens with one attached hydrogen (secondary N) is 2. The molecule has 0 bridgehead atoms. The summed E-state index contributed by atoms with van der Waals surface area (Å²) < 4.78 is 5.19. The number of hydrogen-bond acceptors (Lipinski definition) is 4. The van der Waals surface area contributed by atoms with Gasteiger partial charge >= 0.3 is 0 Å². The minimum atomic E-state index is 0.0855. The van der Waals surface area contributed by atoms with Gasteiger partial charge in [-0.2, -0.15) is 0 Å². The summed E-state index contributed by atoms with van der Waals surface area (Å²) in [6.45, 7) is 13.1. The Morgan fingerprint density at radius 2 is 1.67 bits per heavy atom. The zero-order valence-electron chi connectivity index (χ0n) is 21.0. The molecule has 2 aromatic carbocycles. The number of nitrogens with zero attached hydrogens (tertiary/aromatic N) is 2. The second kappa shape index (κ2) is 13.5. The first kappa shape index (κ1) is 26.2. The first-order valence-electron chi connectivity index (χ1n) is 11.9. The van der Waals surface area contributed by atoms with Gasteiger partial charge in [0.05, 0.1) is 24.8 Å². The number of amides is 1. The molecule has 2 N–H and O–H groups in total. The molecule has 6 nitrogen and oxygen atoms in total. The second-order valence-corrected chi connectivity index (χ2v) is 9.05. The number of rotatable bonds is 13. The summed E-state index contributed by atoms with van der Waals surface area (Å²) in [5.41, 5.74) is 3.25. The lowest BCUT2D eigenvalue weighted by molar-refractivity contribution is 0.0741. The summed E-state index contributed by atoms with van der Waals surface area (Å²) in [7, 11) is 1.65. The van der Waals surface area contributed by atoms with Crippen LogP contribution in [0.3, 0.4) is 0 Å². The van der Waals surface area contributed by atoms with Gasteiger partial charge in [0, 0.05) is 30.9 Å². The minimum Gasteiger partial charge on any atom is -0.497 e. The van der Waals surface area contributed by atoms with E-state index in [1.807, 2.05) is 54.3 Å². The Labute approximate surface area is 199 Å². The summed E-state index contributed by atoms with van der Waals surface area (Å²) in [5.74, 6) is 2.02. The van der Waals surface area contributed by atoms with Crippen LogP contribution in [0.5, 0.6) is 5.75 Å². The van der Waals surface area contributed by atoms with E-state index in [0.29, 0.717) is 17.4 Å². The third kappa shape index (κ3) is 8.79. The first-order chi connectivity index (χ1) is 15.8. The van der Waals surface area contributed by atoms with E-state index in [2.05, 4.69) is 43.3 Å². The van der Waals surface area contributed by atoms with E-state index in [4.69, 9.17) is 4.74 Å². The van der Waals surface area contributed by atoms with Gasteiger partial charge in [0.1, 0.15) is 5.75 Å². The van der Waals surface area contributed by atoms with E-state index in [1.165, 1.54) is 0 Å². The molecule has 0 aliphatic carbocycles. The Hall–Kier alpha value is -3.02. The van der Waals surface area contributed by atoms with Crippen molar-refractivity contribution in [2.75, 3.05) is 37.4 Å². The van der Waals surface area contributed by atoms with E-state index in [1.54, 1.807) is 13.4 Å². The Bertz CT molecular complexity index is 879. The molecule has 0 saturated heterocycles. The lowest BCUT2D eigenvalue weighted by atomic mass is 10.1. The smallest absolute Gasteiger partial charge is 0.253 e. The van der Waals surface area contributed by atoms with Gasteiger partial charge in [-0.15, -0.1) is 0 Å². The molecule has 2 rings (SSSR count). The lowest BCUT2D eigenvalue weighted by Gasteiger charge is -2.25. The monoisotopic (exact) mass is 452 g/mol. The number of carbonyl (C=O) groups excluding carboxylic acids is 1. The molecule has 0 aliphatic heterocycles. The molecule has 0 heterocycles. The van der Waals surface area contributed by atoms with Crippen LogP contribution in [-0.2, 0) is 0 Å². The molecule has 6 heteroatoms. The molecule has 0 radical (unpaired) electrons. The van der Waals surface area contributed by atoms with Gasteiger partial charge in [-0.25, -0.2) is 4.99 Å². The molecule has 0 spiro atoms. The summed E-state index contributed by atoms with van der Waals surface area (Å²) in [6.07, 6.45) is 3.67. The van der Waals surface area contributed by atoms with Crippen LogP contribution in [0.2, 0.25) is 0 Å². The normalized spacial score (nSPS) is 11.3. The molecule has 0 atom stereocenters. The van der Waals surface area contributed by atoms with Crippen molar-refractivity contribution >= 4 is 29.3 Å². The van der Waals surface area contributed by atoms with Crippen molar-refractivity contribution in [2.24, 2.45) is 16.8 Å². The number of anilines is 2. The molecule has 33 heavy (non-hydrogen) atoms. The Morgan fingerprint density at radius 1 is 1.03 bits per heavy atom. The van der Waals surface area contributed by atoms with Crippen molar-refractivity contribution in [3.63, 3.8) is 0 Å². The number of carbonyl (C=O) groups is 1. The predicted octanol–water partition coefficient (Wildman–Crippen LogP) is 6.43. The first-order valence-corrected chi connectivity index (χ1v) is 11.9. The van der Waals surface area contributed by atoms with E-state index in [-0.39, 0.29) is 5.91 Å². The fourth-order valence-electron chi connectivity index (χ4n) is 3.30. The van der Waals surface area contributed by atoms with Crippen LogP contribution in [0.4, 0.5) is 17.1 Å². The Morgan fingerprint density at radius 3 is 2.21 bits per heavy atom. The highest BCUT2D eigenvalue weighted by Gasteiger charge is 2.18.